The van der Waals surface area contributed by atoms with Gasteiger partial charge in [-0.2, -0.15) is 4.31 Å². The van der Waals surface area contributed by atoms with Crippen LogP contribution in [0.3, 0.4) is 0 Å². The summed E-state index contributed by atoms with van der Waals surface area (Å²) in [4.78, 5) is -0.0182. The van der Waals surface area contributed by atoms with Gasteiger partial charge >= 0.3 is 0 Å². The molecule has 1 aromatic rings. The maximum Gasteiger partial charge on any atom is 0.246 e. The van der Waals surface area contributed by atoms with Crippen LogP contribution in [0.1, 0.15) is 27.7 Å². The van der Waals surface area contributed by atoms with Crippen LogP contribution < -0.4 is 0 Å². The van der Waals surface area contributed by atoms with Crippen molar-refractivity contribution in [3.05, 3.63) is 26.7 Å². The molecule has 0 N–H and O–H groups in total. The number of nitrogens with zero attached hydrogens (tertiary/aromatic N) is 1. The Morgan fingerprint density at radius 1 is 1.05 bits per heavy atom. The van der Waals surface area contributed by atoms with E-state index >= 15 is 0 Å². The van der Waals surface area contributed by atoms with Crippen molar-refractivity contribution in [2.45, 2.75) is 32.6 Å². The lowest BCUT2D eigenvalue weighted by molar-refractivity contribution is 0.333. The lowest BCUT2D eigenvalue weighted by Crippen LogP contribution is -2.37. The van der Waals surface area contributed by atoms with E-state index in [2.05, 4.69) is 15.9 Å². The van der Waals surface area contributed by atoms with E-state index in [9.17, 15) is 8.42 Å². The van der Waals surface area contributed by atoms with Gasteiger partial charge in [-0.1, -0.05) is 66.8 Å². The van der Waals surface area contributed by atoms with Crippen molar-refractivity contribution in [3.8, 4) is 0 Å². The molecule has 0 aliphatic rings. The number of halogens is 3. The minimum absolute atomic E-state index is 0.0182. The van der Waals surface area contributed by atoms with E-state index in [0.29, 0.717) is 17.6 Å². The molecule has 0 fully saturated rings. The van der Waals surface area contributed by atoms with Gasteiger partial charge in [0.05, 0.1) is 10.0 Å². The summed E-state index contributed by atoms with van der Waals surface area (Å²) >= 11 is 15.5. The van der Waals surface area contributed by atoms with Crippen LogP contribution in [0.15, 0.2) is 21.5 Å². The first-order valence-corrected chi connectivity index (χ1v) is 9.69. The summed E-state index contributed by atoms with van der Waals surface area (Å²) in [5, 5.41) is 0.263. The van der Waals surface area contributed by atoms with Crippen molar-refractivity contribution in [1.82, 2.24) is 4.31 Å². The molecule has 0 saturated carbocycles. The summed E-state index contributed by atoms with van der Waals surface area (Å²) in [6, 6.07) is 3.09. The molecule has 3 nitrogen and oxygen atoms in total. The van der Waals surface area contributed by atoms with Crippen LogP contribution >= 0.6 is 39.1 Å². The van der Waals surface area contributed by atoms with Gasteiger partial charge in [-0.25, -0.2) is 8.42 Å². The molecule has 0 atom stereocenters. The van der Waals surface area contributed by atoms with Gasteiger partial charge in [-0.3, -0.25) is 0 Å². The SMILES string of the molecule is CC(C)CN(CC(C)C)S(=O)(=O)c1c(Cl)cc(Br)cc1Cl. The highest BCUT2D eigenvalue weighted by atomic mass is 79.9. The average Bonchev–Trinajstić information content (AvgIpc) is 2.24. The van der Waals surface area contributed by atoms with Crippen LogP contribution in [0.25, 0.3) is 0 Å². The Morgan fingerprint density at radius 2 is 1.43 bits per heavy atom. The number of hydrogen-bond acceptors (Lipinski definition) is 2. The molecule has 0 aliphatic heterocycles. The Bertz CT molecular complexity index is 570. The number of benzene rings is 1. The third-order valence-electron chi connectivity index (χ3n) is 2.70. The lowest BCUT2D eigenvalue weighted by atomic mass is 10.2. The molecule has 0 bridgehead atoms. The summed E-state index contributed by atoms with van der Waals surface area (Å²) in [6.45, 7) is 8.79. The van der Waals surface area contributed by atoms with Gasteiger partial charge in [-0.15, -0.1) is 0 Å². The molecule has 7 heteroatoms. The van der Waals surface area contributed by atoms with Gasteiger partial charge in [0.2, 0.25) is 10.0 Å². The largest absolute Gasteiger partial charge is 0.246 e. The molecule has 21 heavy (non-hydrogen) atoms. The zero-order chi connectivity index (χ0) is 16.4. The highest BCUT2D eigenvalue weighted by molar-refractivity contribution is 9.10. The first kappa shape index (κ1) is 19.2. The maximum atomic E-state index is 12.9. The Morgan fingerprint density at radius 3 is 1.76 bits per heavy atom. The lowest BCUT2D eigenvalue weighted by Gasteiger charge is -2.26. The van der Waals surface area contributed by atoms with E-state index in [0.717, 1.165) is 0 Å². The Labute approximate surface area is 145 Å². The van der Waals surface area contributed by atoms with E-state index in [1.165, 1.54) is 4.31 Å². The predicted molar refractivity (Wildman–Crippen MR) is 92.6 cm³/mol. The summed E-state index contributed by atoms with van der Waals surface area (Å²) < 4.78 is 27.9. The molecule has 0 aromatic heterocycles. The van der Waals surface area contributed by atoms with Crippen LogP contribution in [0.4, 0.5) is 0 Å². The van der Waals surface area contributed by atoms with Gasteiger partial charge in [0.15, 0.2) is 0 Å². The fraction of sp³-hybridized carbons (Fsp3) is 0.571. The quantitative estimate of drug-likeness (QED) is 0.649. The average molecular weight is 417 g/mol. The Balaban J connectivity index is 3.35. The van der Waals surface area contributed by atoms with E-state index in [4.69, 9.17) is 23.2 Å². The summed E-state index contributed by atoms with van der Waals surface area (Å²) in [6.07, 6.45) is 0. The molecule has 0 aliphatic carbocycles. The van der Waals surface area contributed by atoms with E-state index in [-0.39, 0.29) is 26.8 Å². The van der Waals surface area contributed by atoms with Crippen molar-refractivity contribution in [3.63, 3.8) is 0 Å². The van der Waals surface area contributed by atoms with E-state index < -0.39 is 10.0 Å². The van der Waals surface area contributed by atoms with Crippen molar-refractivity contribution in [2.75, 3.05) is 13.1 Å². The number of rotatable bonds is 6. The minimum atomic E-state index is -3.72. The second kappa shape index (κ2) is 7.64. The summed E-state index contributed by atoms with van der Waals surface area (Å²) in [5.74, 6) is 0.429. The predicted octanol–water partition coefficient (Wildman–Crippen LogP) is 5.06. The smallest absolute Gasteiger partial charge is 0.207 e. The third-order valence-corrected chi connectivity index (χ3v) is 5.91. The summed E-state index contributed by atoms with van der Waals surface area (Å²) in [7, 11) is -3.72. The van der Waals surface area contributed by atoms with Crippen LogP contribution in [0.5, 0.6) is 0 Å². The Hall–Kier alpha value is 0.190. The van der Waals surface area contributed by atoms with E-state index in [1.807, 2.05) is 27.7 Å². The van der Waals surface area contributed by atoms with Gasteiger partial charge in [0, 0.05) is 17.6 Å². The standard InChI is InChI=1S/C14H20BrCl2NO2S/c1-9(2)7-18(8-10(3)4)21(19,20)14-12(16)5-11(15)6-13(14)17/h5-6,9-10H,7-8H2,1-4H3. The zero-order valence-electron chi connectivity index (χ0n) is 12.5. The molecule has 0 unspecified atom stereocenters. The van der Waals surface area contributed by atoms with Crippen LogP contribution in [-0.4, -0.2) is 25.8 Å². The fourth-order valence-corrected chi connectivity index (χ4v) is 5.64. The van der Waals surface area contributed by atoms with Crippen molar-refractivity contribution in [2.24, 2.45) is 11.8 Å². The fourth-order valence-electron chi connectivity index (χ4n) is 1.99. The molecule has 0 heterocycles. The molecule has 0 radical (unpaired) electrons. The number of hydrogen-bond donors (Lipinski definition) is 0. The first-order valence-electron chi connectivity index (χ1n) is 6.70. The maximum absolute atomic E-state index is 12.9. The van der Waals surface area contributed by atoms with Gasteiger partial charge in [0.1, 0.15) is 4.90 Å². The van der Waals surface area contributed by atoms with Crippen molar-refractivity contribution < 1.29 is 8.42 Å². The minimum Gasteiger partial charge on any atom is -0.207 e. The van der Waals surface area contributed by atoms with Crippen molar-refractivity contribution in [1.29, 1.82) is 0 Å². The van der Waals surface area contributed by atoms with Gasteiger partial charge in [0.25, 0.3) is 0 Å². The third kappa shape index (κ3) is 5.10. The van der Waals surface area contributed by atoms with Crippen molar-refractivity contribution >= 4 is 49.2 Å². The molecule has 0 saturated heterocycles. The molecule has 1 aromatic carbocycles. The topological polar surface area (TPSA) is 37.4 Å². The molecule has 0 amide bonds. The molecule has 120 valence electrons. The number of sulfonamides is 1. The van der Waals surface area contributed by atoms with Gasteiger partial charge in [-0.05, 0) is 24.0 Å². The normalized spacial score (nSPS) is 12.7. The van der Waals surface area contributed by atoms with Crippen LogP contribution in [0.2, 0.25) is 10.0 Å². The highest BCUT2D eigenvalue weighted by Crippen LogP contribution is 2.35. The monoisotopic (exact) mass is 415 g/mol. The Kier molecular flexibility index (Phi) is 7.00. The zero-order valence-corrected chi connectivity index (χ0v) is 16.4. The highest BCUT2D eigenvalue weighted by Gasteiger charge is 2.30. The second-order valence-electron chi connectivity index (χ2n) is 5.81. The summed E-state index contributed by atoms with van der Waals surface area (Å²) in [5.41, 5.74) is 0. The van der Waals surface area contributed by atoms with E-state index in [1.54, 1.807) is 12.1 Å². The molecular formula is C14H20BrCl2NO2S. The molecule has 1 rings (SSSR count). The van der Waals surface area contributed by atoms with Gasteiger partial charge < -0.3 is 0 Å². The second-order valence-corrected chi connectivity index (χ2v) is 9.41. The van der Waals surface area contributed by atoms with Crippen LogP contribution in [0, 0.1) is 11.8 Å². The molecular weight excluding hydrogens is 397 g/mol. The first-order chi connectivity index (χ1) is 9.55. The molecule has 0 spiro atoms. The van der Waals surface area contributed by atoms with Crippen LogP contribution in [-0.2, 0) is 10.0 Å².